The maximum Gasteiger partial charge on any atom is 0.0695 e. The first kappa shape index (κ1) is 13.7. The molecule has 0 amide bonds. The van der Waals surface area contributed by atoms with Crippen molar-refractivity contribution in [3.8, 4) is 5.69 Å². The second kappa shape index (κ2) is 5.94. The topological polar surface area (TPSA) is 4.93 Å². The Labute approximate surface area is 119 Å². The first-order valence-electron chi connectivity index (χ1n) is 6.60. The van der Waals surface area contributed by atoms with Gasteiger partial charge in [0.05, 0.1) is 10.5 Å². The number of para-hydroxylation sites is 2. The lowest BCUT2D eigenvalue weighted by molar-refractivity contribution is 1.05. The zero-order valence-corrected chi connectivity index (χ0v) is 12.3. The second-order valence-corrected chi connectivity index (χ2v) is 4.47. The maximum atomic E-state index is 6.38. The summed E-state index contributed by atoms with van der Waals surface area (Å²) in [6.45, 7) is 6.05. The summed E-state index contributed by atoms with van der Waals surface area (Å²) >= 11 is 6.38. The first-order valence-corrected chi connectivity index (χ1v) is 6.98. The van der Waals surface area contributed by atoms with Gasteiger partial charge >= 0.3 is 0 Å². The molecule has 3 rings (SSSR count). The third kappa shape index (κ3) is 2.39. The fourth-order valence-corrected chi connectivity index (χ4v) is 2.48. The van der Waals surface area contributed by atoms with Crippen molar-refractivity contribution in [3.63, 3.8) is 0 Å². The number of hydrogen-bond acceptors (Lipinski definition) is 0. The molecule has 0 N–H and O–H groups in total. The minimum Gasteiger partial charge on any atom is -0.312 e. The van der Waals surface area contributed by atoms with Crippen LogP contribution < -0.4 is 0 Å². The van der Waals surface area contributed by atoms with Gasteiger partial charge in [-0.2, -0.15) is 0 Å². The monoisotopic (exact) mass is 271 g/mol. The fraction of sp³-hybridized carbons (Fsp3) is 0.176. The van der Waals surface area contributed by atoms with Crippen LogP contribution in [0.15, 0.2) is 54.6 Å². The van der Waals surface area contributed by atoms with E-state index in [1.807, 2.05) is 44.2 Å². The minimum absolute atomic E-state index is 0.837. The molecule has 0 unspecified atom stereocenters. The molecule has 0 radical (unpaired) electrons. The van der Waals surface area contributed by atoms with E-state index < -0.39 is 0 Å². The van der Waals surface area contributed by atoms with E-state index in [1.165, 1.54) is 0 Å². The lowest BCUT2D eigenvalue weighted by Gasteiger charge is -2.07. The van der Waals surface area contributed by atoms with Crippen molar-refractivity contribution in [1.29, 1.82) is 0 Å². The van der Waals surface area contributed by atoms with Crippen LogP contribution in [-0.4, -0.2) is 4.57 Å². The van der Waals surface area contributed by atoms with E-state index in [1.54, 1.807) is 0 Å². The highest BCUT2D eigenvalue weighted by molar-refractivity contribution is 6.36. The molecule has 0 aliphatic heterocycles. The van der Waals surface area contributed by atoms with Gasteiger partial charge < -0.3 is 4.57 Å². The molecular formula is C17H18ClN. The molecule has 0 atom stereocenters. The van der Waals surface area contributed by atoms with E-state index in [4.69, 9.17) is 11.6 Å². The summed E-state index contributed by atoms with van der Waals surface area (Å²) in [6.07, 6.45) is 0. The number of hydrogen-bond donors (Lipinski definition) is 0. The predicted molar refractivity (Wildman–Crippen MR) is 84.4 cm³/mol. The number of rotatable bonds is 1. The molecule has 1 heterocycles. The van der Waals surface area contributed by atoms with E-state index in [-0.39, 0.29) is 0 Å². The quantitative estimate of drug-likeness (QED) is 0.541. The standard InChI is InChI=1S/C15H12ClN.C2H6/c1-11-15(16)13-9-5-6-10-14(13)17(11)12-7-3-2-4-8-12;1-2/h2-10H,1H3;1-2H3. The van der Waals surface area contributed by atoms with Crippen LogP contribution in [0.25, 0.3) is 16.6 Å². The molecule has 0 saturated heterocycles. The van der Waals surface area contributed by atoms with Gasteiger partial charge in [0.25, 0.3) is 0 Å². The van der Waals surface area contributed by atoms with Crippen molar-refractivity contribution < 1.29 is 0 Å². The van der Waals surface area contributed by atoms with Crippen molar-refractivity contribution in [2.75, 3.05) is 0 Å². The molecule has 0 aliphatic rings. The van der Waals surface area contributed by atoms with E-state index >= 15 is 0 Å². The molecular weight excluding hydrogens is 254 g/mol. The van der Waals surface area contributed by atoms with Gasteiger partial charge in [-0.15, -0.1) is 0 Å². The summed E-state index contributed by atoms with van der Waals surface area (Å²) in [6, 6.07) is 18.5. The second-order valence-electron chi connectivity index (χ2n) is 4.09. The van der Waals surface area contributed by atoms with Crippen LogP contribution in [0.2, 0.25) is 5.02 Å². The van der Waals surface area contributed by atoms with E-state index in [2.05, 4.69) is 35.8 Å². The van der Waals surface area contributed by atoms with Crippen LogP contribution in [0, 0.1) is 6.92 Å². The molecule has 2 heteroatoms. The molecule has 0 bridgehead atoms. The molecule has 19 heavy (non-hydrogen) atoms. The summed E-state index contributed by atoms with van der Waals surface area (Å²) < 4.78 is 2.19. The van der Waals surface area contributed by atoms with Gasteiger partial charge in [0.1, 0.15) is 0 Å². The van der Waals surface area contributed by atoms with Gasteiger partial charge in [0.2, 0.25) is 0 Å². The zero-order valence-electron chi connectivity index (χ0n) is 11.5. The van der Waals surface area contributed by atoms with Crippen molar-refractivity contribution in [1.82, 2.24) is 4.57 Å². The lowest BCUT2D eigenvalue weighted by atomic mass is 10.2. The van der Waals surface area contributed by atoms with E-state index in [0.717, 1.165) is 27.3 Å². The van der Waals surface area contributed by atoms with Crippen LogP contribution in [0.5, 0.6) is 0 Å². The third-order valence-corrected chi connectivity index (χ3v) is 3.53. The summed E-state index contributed by atoms with van der Waals surface area (Å²) in [5.41, 5.74) is 3.38. The molecule has 1 nitrogen and oxygen atoms in total. The SMILES string of the molecule is CC.Cc1c(Cl)c2ccccc2n1-c1ccccc1. The van der Waals surface area contributed by atoms with E-state index in [9.17, 15) is 0 Å². The van der Waals surface area contributed by atoms with Crippen LogP contribution in [0.1, 0.15) is 19.5 Å². The number of nitrogens with zero attached hydrogens (tertiary/aromatic N) is 1. The Bertz CT molecular complexity index is 668. The Hall–Kier alpha value is -1.73. The Morgan fingerprint density at radius 3 is 2.11 bits per heavy atom. The summed E-state index contributed by atoms with van der Waals surface area (Å²) in [4.78, 5) is 0. The number of aromatic nitrogens is 1. The number of fused-ring (bicyclic) bond motifs is 1. The van der Waals surface area contributed by atoms with Gasteiger partial charge in [-0.1, -0.05) is 61.8 Å². The average molecular weight is 272 g/mol. The minimum atomic E-state index is 0.837. The van der Waals surface area contributed by atoms with Gasteiger partial charge in [-0.05, 0) is 25.1 Å². The van der Waals surface area contributed by atoms with Crippen molar-refractivity contribution in [2.24, 2.45) is 0 Å². The number of benzene rings is 2. The Kier molecular flexibility index (Phi) is 4.28. The molecule has 1 aromatic heterocycles. The van der Waals surface area contributed by atoms with Crippen LogP contribution in [-0.2, 0) is 0 Å². The van der Waals surface area contributed by atoms with Crippen molar-refractivity contribution in [2.45, 2.75) is 20.8 Å². The maximum absolute atomic E-state index is 6.38. The average Bonchev–Trinajstić information content (AvgIpc) is 2.75. The van der Waals surface area contributed by atoms with Crippen LogP contribution >= 0.6 is 11.6 Å². The summed E-state index contributed by atoms with van der Waals surface area (Å²) in [5, 5.41) is 1.94. The van der Waals surface area contributed by atoms with Crippen LogP contribution in [0.4, 0.5) is 0 Å². The zero-order chi connectivity index (χ0) is 13.8. The summed E-state index contributed by atoms with van der Waals surface area (Å²) in [7, 11) is 0. The molecule has 0 saturated carbocycles. The van der Waals surface area contributed by atoms with Gasteiger partial charge in [0, 0.05) is 16.8 Å². The highest BCUT2D eigenvalue weighted by Gasteiger charge is 2.12. The largest absolute Gasteiger partial charge is 0.312 e. The smallest absolute Gasteiger partial charge is 0.0695 e. The number of halogens is 1. The van der Waals surface area contributed by atoms with Gasteiger partial charge in [0.15, 0.2) is 0 Å². The highest BCUT2D eigenvalue weighted by atomic mass is 35.5. The predicted octanol–water partition coefficient (Wildman–Crippen LogP) is 5.62. The fourth-order valence-electron chi connectivity index (χ4n) is 2.24. The first-order chi connectivity index (χ1) is 9.29. The summed E-state index contributed by atoms with van der Waals surface area (Å²) in [5.74, 6) is 0. The van der Waals surface area contributed by atoms with Gasteiger partial charge in [-0.25, -0.2) is 0 Å². The van der Waals surface area contributed by atoms with E-state index in [0.29, 0.717) is 0 Å². The molecule has 0 fully saturated rings. The molecule has 0 aliphatic carbocycles. The van der Waals surface area contributed by atoms with Gasteiger partial charge in [-0.3, -0.25) is 0 Å². The Morgan fingerprint density at radius 2 is 1.42 bits per heavy atom. The highest BCUT2D eigenvalue weighted by Crippen LogP contribution is 2.32. The molecule has 98 valence electrons. The molecule has 0 spiro atoms. The van der Waals surface area contributed by atoms with Crippen molar-refractivity contribution in [3.05, 3.63) is 65.3 Å². The molecule has 3 aromatic rings. The third-order valence-electron chi connectivity index (χ3n) is 3.05. The normalized spacial score (nSPS) is 10.1. The molecule has 2 aromatic carbocycles. The van der Waals surface area contributed by atoms with Crippen LogP contribution in [0.3, 0.4) is 0 Å². The van der Waals surface area contributed by atoms with Crippen molar-refractivity contribution >= 4 is 22.5 Å². The Morgan fingerprint density at radius 1 is 0.842 bits per heavy atom. The lowest BCUT2D eigenvalue weighted by Crippen LogP contribution is -1.95. The Balaban J connectivity index is 0.000000637.